The number of piperidine rings is 1. The van der Waals surface area contributed by atoms with Gasteiger partial charge in [0.05, 0.1) is 6.42 Å². The standard InChI is InChI=1S/C16H23NO3/c1-12(10-13-5-7-15(18)8-6-13)17-9-3-2-4-14(17)11-16(19)20/h5-8,12,14,18H,2-4,9-11H2,1H3,(H,19,20). The van der Waals surface area contributed by atoms with Crippen LogP contribution in [0, 0.1) is 0 Å². The molecule has 1 aromatic carbocycles. The Morgan fingerprint density at radius 1 is 1.35 bits per heavy atom. The van der Waals surface area contributed by atoms with Crippen LogP contribution in [0.3, 0.4) is 0 Å². The van der Waals surface area contributed by atoms with Crippen molar-refractivity contribution in [3.05, 3.63) is 29.8 Å². The van der Waals surface area contributed by atoms with Gasteiger partial charge in [0.25, 0.3) is 0 Å². The van der Waals surface area contributed by atoms with Crippen molar-refractivity contribution < 1.29 is 15.0 Å². The van der Waals surface area contributed by atoms with E-state index in [-0.39, 0.29) is 18.2 Å². The molecule has 1 aliphatic rings. The van der Waals surface area contributed by atoms with E-state index >= 15 is 0 Å². The van der Waals surface area contributed by atoms with Crippen LogP contribution in [0.1, 0.15) is 38.2 Å². The molecule has 0 spiro atoms. The van der Waals surface area contributed by atoms with E-state index in [1.807, 2.05) is 12.1 Å². The average Bonchev–Trinajstić information content (AvgIpc) is 2.41. The molecule has 2 atom stereocenters. The smallest absolute Gasteiger partial charge is 0.304 e. The number of carbonyl (C=O) groups is 1. The van der Waals surface area contributed by atoms with Gasteiger partial charge in [-0.2, -0.15) is 0 Å². The predicted octanol–water partition coefficient (Wildman–Crippen LogP) is 2.65. The molecule has 1 saturated heterocycles. The molecule has 110 valence electrons. The zero-order valence-corrected chi connectivity index (χ0v) is 12.0. The molecule has 2 N–H and O–H groups in total. The lowest BCUT2D eigenvalue weighted by molar-refractivity contribution is -0.139. The summed E-state index contributed by atoms with van der Waals surface area (Å²) in [5.41, 5.74) is 1.18. The minimum atomic E-state index is -0.710. The van der Waals surface area contributed by atoms with Crippen molar-refractivity contribution in [1.82, 2.24) is 4.90 Å². The first-order valence-electron chi connectivity index (χ1n) is 7.31. The number of carboxylic acid groups (broad SMARTS) is 1. The van der Waals surface area contributed by atoms with Crippen molar-refractivity contribution >= 4 is 5.97 Å². The van der Waals surface area contributed by atoms with Gasteiger partial charge in [0.1, 0.15) is 5.75 Å². The monoisotopic (exact) mass is 277 g/mol. The molecule has 2 unspecified atom stereocenters. The number of hydrogen-bond donors (Lipinski definition) is 2. The molecule has 4 heteroatoms. The van der Waals surface area contributed by atoms with Gasteiger partial charge in [-0.3, -0.25) is 9.69 Å². The van der Waals surface area contributed by atoms with Crippen molar-refractivity contribution in [2.45, 2.75) is 51.1 Å². The Morgan fingerprint density at radius 3 is 2.70 bits per heavy atom. The maximum absolute atomic E-state index is 11.0. The van der Waals surface area contributed by atoms with Crippen molar-refractivity contribution in [2.75, 3.05) is 6.54 Å². The Morgan fingerprint density at radius 2 is 2.05 bits per heavy atom. The highest BCUT2D eigenvalue weighted by molar-refractivity contribution is 5.67. The molecule has 4 nitrogen and oxygen atoms in total. The fourth-order valence-corrected chi connectivity index (χ4v) is 3.11. The van der Waals surface area contributed by atoms with Crippen LogP contribution < -0.4 is 0 Å². The maximum Gasteiger partial charge on any atom is 0.304 e. The third kappa shape index (κ3) is 3.97. The Balaban J connectivity index is 1.99. The van der Waals surface area contributed by atoms with E-state index < -0.39 is 5.97 Å². The molecular weight excluding hydrogens is 254 g/mol. The number of hydrogen-bond acceptors (Lipinski definition) is 3. The van der Waals surface area contributed by atoms with Crippen molar-refractivity contribution in [1.29, 1.82) is 0 Å². The Hall–Kier alpha value is -1.55. The highest BCUT2D eigenvalue weighted by Gasteiger charge is 2.28. The SMILES string of the molecule is CC(Cc1ccc(O)cc1)N1CCCCC1CC(=O)O. The van der Waals surface area contributed by atoms with Crippen molar-refractivity contribution in [3.63, 3.8) is 0 Å². The van der Waals surface area contributed by atoms with Crippen LogP contribution in [0.2, 0.25) is 0 Å². The minimum Gasteiger partial charge on any atom is -0.508 e. The van der Waals surface area contributed by atoms with Crippen molar-refractivity contribution in [2.24, 2.45) is 0 Å². The zero-order valence-electron chi connectivity index (χ0n) is 12.0. The van der Waals surface area contributed by atoms with Gasteiger partial charge in [-0.25, -0.2) is 0 Å². The molecule has 20 heavy (non-hydrogen) atoms. The van der Waals surface area contributed by atoms with E-state index in [0.29, 0.717) is 6.04 Å². The first-order valence-corrected chi connectivity index (χ1v) is 7.31. The summed E-state index contributed by atoms with van der Waals surface area (Å²) in [6.45, 7) is 3.14. The first kappa shape index (κ1) is 14.9. The van der Waals surface area contributed by atoms with Gasteiger partial charge in [-0.15, -0.1) is 0 Å². The van der Waals surface area contributed by atoms with Crippen LogP contribution in [-0.4, -0.2) is 39.7 Å². The molecule has 0 bridgehead atoms. The van der Waals surface area contributed by atoms with Crippen LogP contribution in [0.5, 0.6) is 5.75 Å². The number of phenolic OH excluding ortho intramolecular Hbond substituents is 1. The molecule has 0 amide bonds. The Bertz CT molecular complexity index is 444. The lowest BCUT2D eigenvalue weighted by Crippen LogP contribution is -2.46. The zero-order chi connectivity index (χ0) is 14.5. The van der Waals surface area contributed by atoms with Gasteiger partial charge in [-0.05, 0) is 50.4 Å². The van der Waals surface area contributed by atoms with Crippen LogP contribution in [0.25, 0.3) is 0 Å². The number of carboxylic acids is 1. The summed E-state index contributed by atoms with van der Waals surface area (Å²) >= 11 is 0. The van der Waals surface area contributed by atoms with Gasteiger partial charge >= 0.3 is 5.97 Å². The second-order valence-electron chi connectivity index (χ2n) is 5.70. The maximum atomic E-state index is 11.0. The summed E-state index contributed by atoms with van der Waals surface area (Å²) in [7, 11) is 0. The van der Waals surface area contributed by atoms with Gasteiger partial charge in [0.15, 0.2) is 0 Å². The fraction of sp³-hybridized carbons (Fsp3) is 0.562. The van der Waals surface area contributed by atoms with E-state index in [4.69, 9.17) is 5.11 Å². The number of benzene rings is 1. The highest BCUT2D eigenvalue weighted by Crippen LogP contribution is 2.24. The largest absolute Gasteiger partial charge is 0.508 e. The Labute approximate surface area is 120 Å². The lowest BCUT2D eigenvalue weighted by Gasteiger charge is -2.39. The molecule has 2 rings (SSSR count). The average molecular weight is 277 g/mol. The number of aromatic hydroxyl groups is 1. The van der Waals surface area contributed by atoms with Gasteiger partial charge in [-0.1, -0.05) is 18.6 Å². The van der Waals surface area contributed by atoms with Crippen LogP contribution in [0.15, 0.2) is 24.3 Å². The summed E-state index contributed by atoms with van der Waals surface area (Å²) in [5, 5.41) is 18.3. The first-order chi connectivity index (χ1) is 9.56. The molecular formula is C16H23NO3. The van der Waals surface area contributed by atoms with Crippen LogP contribution >= 0.6 is 0 Å². The summed E-state index contributed by atoms with van der Waals surface area (Å²) in [6, 6.07) is 7.75. The normalized spacial score (nSPS) is 21.6. The third-order valence-electron chi connectivity index (χ3n) is 4.12. The van der Waals surface area contributed by atoms with Gasteiger partial charge < -0.3 is 10.2 Å². The van der Waals surface area contributed by atoms with E-state index in [0.717, 1.165) is 32.2 Å². The highest BCUT2D eigenvalue weighted by atomic mass is 16.4. The quantitative estimate of drug-likeness (QED) is 0.868. The second kappa shape index (κ2) is 6.75. The molecule has 0 aromatic heterocycles. The van der Waals surface area contributed by atoms with Gasteiger partial charge in [0.2, 0.25) is 0 Å². The third-order valence-corrected chi connectivity index (χ3v) is 4.12. The molecule has 1 aromatic rings. The molecule has 0 saturated carbocycles. The number of phenols is 1. The van der Waals surface area contributed by atoms with Crippen molar-refractivity contribution in [3.8, 4) is 5.75 Å². The number of aliphatic carboxylic acids is 1. The topological polar surface area (TPSA) is 60.8 Å². The van der Waals surface area contributed by atoms with Gasteiger partial charge in [0, 0.05) is 12.1 Å². The van der Waals surface area contributed by atoms with E-state index in [2.05, 4.69) is 11.8 Å². The van der Waals surface area contributed by atoms with E-state index in [1.165, 1.54) is 5.56 Å². The lowest BCUT2D eigenvalue weighted by atomic mass is 9.95. The van der Waals surface area contributed by atoms with Crippen LogP contribution in [-0.2, 0) is 11.2 Å². The number of nitrogens with zero attached hydrogens (tertiary/aromatic N) is 1. The van der Waals surface area contributed by atoms with E-state index in [1.54, 1.807) is 12.1 Å². The minimum absolute atomic E-state index is 0.161. The summed E-state index contributed by atoms with van der Waals surface area (Å²) in [6.07, 6.45) is 4.37. The Kier molecular flexibility index (Phi) is 5.01. The summed E-state index contributed by atoms with van der Waals surface area (Å²) in [4.78, 5) is 13.3. The second-order valence-corrected chi connectivity index (χ2v) is 5.70. The molecule has 0 radical (unpaired) electrons. The summed E-state index contributed by atoms with van der Waals surface area (Å²) in [5.74, 6) is -0.429. The molecule has 1 heterocycles. The predicted molar refractivity (Wildman–Crippen MR) is 77.9 cm³/mol. The van der Waals surface area contributed by atoms with E-state index in [9.17, 15) is 9.90 Å². The summed E-state index contributed by atoms with van der Waals surface area (Å²) < 4.78 is 0. The number of rotatable bonds is 5. The molecule has 1 fully saturated rings. The fourth-order valence-electron chi connectivity index (χ4n) is 3.11. The number of likely N-dealkylation sites (tertiary alicyclic amines) is 1. The molecule has 0 aliphatic carbocycles. The molecule has 1 aliphatic heterocycles. The van der Waals surface area contributed by atoms with Crippen LogP contribution in [0.4, 0.5) is 0 Å².